The van der Waals surface area contributed by atoms with Crippen LogP contribution in [0.4, 0.5) is 11.4 Å². The van der Waals surface area contributed by atoms with Gasteiger partial charge in [-0.15, -0.1) is 0 Å². The van der Waals surface area contributed by atoms with Crippen molar-refractivity contribution >= 4 is 23.5 Å². The van der Waals surface area contributed by atoms with Crippen LogP contribution in [0, 0.1) is 11.8 Å². The third kappa shape index (κ3) is 4.46. The predicted octanol–water partition coefficient (Wildman–Crippen LogP) is 12.0. The van der Waals surface area contributed by atoms with Gasteiger partial charge in [-0.05, 0) is 75.2 Å². The Kier molecular flexibility index (Phi) is 6.52. The SMILES string of the molecule is CC1(C)/C=C/C(CC2=Cc3ccccc3C3C=C(C4=CC56C(C=C4)C5c4ccccc4N6c4ccccc4)C=CC23)=C\C=C\c2ccccc21. The maximum Gasteiger partial charge on any atom is 0.0787 e. The summed E-state index contributed by atoms with van der Waals surface area (Å²) in [4.78, 5) is 2.63. The van der Waals surface area contributed by atoms with E-state index in [0.717, 1.165) is 6.42 Å². The Balaban J connectivity index is 1.000. The number of nitrogens with zero attached hydrogens (tertiary/aromatic N) is 1. The molecule has 5 aliphatic carbocycles. The van der Waals surface area contributed by atoms with Crippen LogP contribution in [0.1, 0.15) is 59.9 Å². The molecule has 0 aromatic heterocycles. The zero-order valence-corrected chi connectivity index (χ0v) is 28.7. The molecule has 0 saturated heterocycles. The standard InChI is InChI=1S/C49H41N/c1-48(2)28-27-33(13-12-16-34-14-7-10-21-44(34)48)29-38-30-36-15-6-8-19-40(36)43-31-35(23-25-41(38)43)37-24-26-45-47-42-20-9-11-22-46(42)50(49(45,47)32-37)39-17-4-3-5-18-39/h3-28,30-32,41,43,45,47H,29H2,1-2H3/b16-12+,28-27+,33-13+. The monoisotopic (exact) mass is 643 g/mol. The van der Waals surface area contributed by atoms with Gasteiger partial charge in [-0.3, -0.25) is 0 Å². The van der Waals surface area contributed by atoms with Crippen molar-refractivity contribution in [1.82, 2.24) is 0 Å². The number of benzene rings is 4. The summed E-state index contributed by atoms with van der Waals surface area (Å²) in [5, 5.41) is 0. The van der Waals surface area contributed by atoms with Gasteiger partial charge < -0.3 is 4.90 Å². The maximum atomic E-state index is 2.63. The number of rotatable bonds is 4. The van der Waals surface area contributed by atoms with Crippen LogP contribution >= 0.6 is 0 Å². The fourth-order valence-corrected chi connectivity index (χ4v) is 9.69. The fourth-order valence-electron chi connectivity index (χ4n) is 9.69. The molecule has 10 rings (SSSR count). The molecule has 0 radical (unpaired) electrons. The zero-order valence-electron chi connectivity index (χ0n) is 28.7. The van der Waals surface area contributed by atoms with Crippen LogP contribution < -0.4 is 4.90 Å². The Hall–Kier alpha value is -5.40. The normalized spacial score (nSPS) is 29.8. The lowest BCUT2D eigenvalue weighted by Gasteiger charge is -2.35. The summed E-state index contributed by atoms with van der Waals surface area (Å²) < 4.78 is 0. The minimum absolute atomic E-state index is 0.0487. The molecule has 0 N–H and O–H groups in total. The van der Waals surface area contributed by atoms with Crippen molar-refractivity contribution in [3.63, 3.8) is 0 Å². The molecule has 4 aromatic carbocycles. The first-order chi connectivity index (χ1) is 24.5. The van der Waals surface area contributed by atoms with E-state index in [2.05, 4.69) is 195 Å². The van der Waals surface area contributed by atoms with Gasteiger partial charge in [0.1, 0.15) is 0 Å². The molecule has 1 aliphatic heterocycles. The molecule has 6 aliphatic rings. The molecule has 1 spiro atoms. The van der Waals surface area contributed by atoms with Crippen molar-refractivity contribution in [3.8, 4) is 0 Å². The van der Waals surface area contributed by atoms with Gasteiger partial charge in [0, 0.05) is 40.5 Å². The van der Waals surface area contributed by atoms with E-state index in [4.69, 9.17) is 0 Å². The molecule has 5 unspecified atom stereocenters. The Labute approximate surface area is 296 Å². The van der Waals surface area contributed by atoms with Gasteiger partial charge in [0.05, 0.1) is 5.54 Å². The number of hydrogen-bond acceptors (Lipinski definition) is 1. The summed E-state index contributed by atoms with van der Waals surface area (Å²) in [6.07, 6.45) is 30.0. The molecule has 4 aromatic rings. The Bertz CT molecular complexity index is 2300. The van der Waals surface area contributed by atoms with Crippen molar-refractivity contribution in [2.24, 2.45) is 11.8 Å². The van der Waals surface area contributed by atoms with Crippen LogP contribution in [0.2, 0.25) is 0 Å². The van der Waals surface area contributed by atoms with Crippen molar-refractivity contribution in [1.29, 1.82) is 0 Å². The Morgan fingerprint density at radius 3 is 2.28 bits per heavy atom. The molecule has 1 heteroatoms. The molecule has 5 atom stereocenters. The van der Waals surface area contributed by atoms with Crippen molar-refractivity contribution in [2.75, 3.05) is 4.90 Å². The average Bonchev–Trinajstić information content (AvgIpc) is 3.71. The first-order valence-electron chi connectivity index (χ1n) is 18.2. The van der Waals surface area contributed by atoms with Crippen molar-refractivity contribution in [2.45, 2.75) is 43.1 Å². The Morgan fingerprint density at radius 1 is 0.660 bits per heavy atom. The highest BCUT2D eigenvalue weighted by Gasteiger charge is 2.71. The number of anilines is 2. The van der Waals surface area contributed by atoms with Crippen LogP contribution in [0.3, 0.4) is 0 Å². The highest BCUT2D eigenvalue weighted by molar-refractivity contribution is 5.83. The Morgan fingerprint density at radius 2 is 1.40 bits per heavy atom. The quantitative estimate of drug-likeness (QED) is 0.214. The molecule has 50 heavy (non-hydrogen) atoms. The second-order valence-corrected chi connectivity index (χ2v) is 15.4. The second kappa shape index (κ2) is 11.1. The highest BCUT2D eigenvalue weighted by atomic mass is 15.3. The van der Waals surface area contributed by atoms with Gasteiger partial charge >= 0.3 is 0 Å². The fraction of sp³-hybridized carbons (Fsp3) is 0.184. The van der Waals surface area contributed by atoms with E-state index < -0.39 is 0 Å². The van der Waals surface area contributed by atoms with E-state index in [9.17, 15) is 0 Å². The topological polar surface area (TPSA) is 3.24 Å². The summed E-state index contributed by atoms with van der Waals surface area (Å²) in [7, 11) is 0. The number of allylic oxidation sites excluding steroid dienone is 12. The van der Waals surface area contributed by atoms with E-state index in [1.807, 2.05) is 0 Å². The van der Waals surface area contributed by atoms with Gasteiger partial charge in [-0.2, -0.15) is 0 Å². The minimum atomic E-state index is -0.0556. The van der Waals surface area contributed by atoms with Crippen LogP contribution in [0.15, 0.2) is 186 Å². The van der Waals surface area contributed by atoms with Gasteiger partial charge in [0.2, 0.25) is 0 Å². The average molecular weight is 644 g/mol. The molecule has 1 nitrogen and oxygen atoms in total. The first-order valence-corrected chi connectivity index (χ1v) is 18.2. The molecule has 0 amide bonds. The smallest absolute Gasteiger partial charge is 0.0787 e. The lowest BCUT2D eigenvalue weighted by Crippen LogP contribution is -2.33. The van der Waals surface area contributed by atoms with Crippen LogP contribution in [0.5, 0.6) is 0 Å². The van der Waals surface area contributed by atoms with Gasteiger partial charge in [-0.1, -0.05) is 171 Å². The van der Waals surface area contributed by atoms with Crippen molar-refractivity contribution in [3.05, 3.63) is 214 Å². The second-order valence-electron chi connectivity index (χ2n) is 15.4. The lowest BCUT2D eigenvalue weighted by atomic mass is 9.69. The third-order valence-electron chi connectivity index (χ3n) is 12.1. The summed E-state index contributed by atoms with van der Waals surface area (Å²) >= 11 is 0. The number of hydrogen-bond donors (Lipinski definition) is 0. The molecule has 242 valence electrons. The third-order valence-corrected chi connectivity index (χ3v) is 12.1. The molecular weight excluding hydrogens is 603 g/mol. The first kappa shape index (κ1) is 29.5. The summed E-state index contributed by atoms with van der Waals surface area (Å²) in [5.74, 6) is 1.61. The number of fused-ring (bicyclic) bond motifs is 7. The zero-order chi connectivity index (χ0) is 33.5. The highest BCUT2D eigenvalue weighted by Crippen LogP contribution is 2.73. The minimum Gasteiger partial charge on any atom is -0.330 e. The van der Waals surface area contributed by atoms with Crippen LogP contribution in [-0.4, -0.2) is 5.54 Å². The summed E-state index contributed by atoms with van der Waals surface area (Å²) in [5.41, 5.74) is 14.9. The van der Waals surface area contributed by atoms with E-state index >= 15 is 0 Å². The van der Waals surface area contributed by atoms with Crippen molar-refractivity contribution < 1.29 is 0 Å². The van der Waals surface area contributed by atoms with E-state index in [-0.39, 0.29) is 11.0 Å². The predicted molar refractivity (Wildman–Crippen MR) is 209 cm³/mol. The lowest BCUT2D eigenvalue weighted by molar-refractivity contribution is 0.635. The maximum absolute atomic E-state index is 2.63. The van der Waals surface area contributed by atoms with Crippen LogP contribution in [0.25, 0.3) is 12.2 Å². The molecule has 1 saturated carbocycles. The summed E-state index contributed by atoms with van der Waals surface area (Å²) in [6.45, 7) is 4.65. The van der Waals surface area contributed by atoms with Crippen LogP contribution in [-0.2, 0) is 5.41 Å². The molecule has 1 heterocycles. The van der Waals surface area contributed by atoms with Gasteiger partial charge in [-0.25, -0.2) is 0 Å². The number of para-hydroxylation sites is 2. The van der Waals surface area contributed by atoms with E-state index in [1.54, 1.807) is 0 Å². The van der Waals surface area contributed by atoms with Gasteiger partial charge in [0.15, 0.2) is 0 Å². The summed E-state index contributed by atoms with van der Waals surface area (Å²) in [6, 6.07) is 37.9. The molecular formula is C49H41N. The molecule has 0 bridgehead atoms. The largest absolute Gasteiger partial charge is 0.330 e. The van der Waals surface area contributed by atoms with E-state index in [0.29, 0.717) is 23.7 Å². The van der Waals surface area contributed by atoms with E-state index in [1.165, 1.54) is 61.5 Å². The van der Waals surface area contributed by atoms with Gasteiger partial charge in [0.25, 0.3) is 0 Å². The molecule has 1 fully saturated rings.